The van der Waals surface area contributed by atoms with Gasteiger partial charge in [-0.3, -0.25) is 19.7 Å². The largest absolute Gasteiger partial charge is 0.393 e. The van der Waals surface area contributed by atoms with Gasteiger partial charge in [-0.05, 0) is 31.0 Å². The molecule has 1 aromatic rings. The van der Waals surface area contributed by atoms with Crippen LogP contribution in [-0.4, -0.2) is 40.2 Å². The quantitative estimate of drug-likeness (QED) is 0.379. The molecule has 3 aliphatic heterocycles. The number of carbonyl (C=O) groups excluding carboxylic acids is 2. The number of aliphatic hydroxyl groups excluding tert-OH is 1. The maximum atomic E-state index is 13.0. The maximum Gasteiger partial charge on any atom is 0.293 e. The van der Waals surface area contributed by atoms with Crippen LogP contribution in [0.25, 0.3) is 0 Å². The van der Waals surface area contributed by atoms with E-state index in [0.717, 1.165) is 10.5 Å². The Kier molecular flexibility index (Phi) is 3.16. The lowest BCUT2D eigenvalue weighted by Crippen LogP contribution is -2.43. The van der Waals surface area contributed by atoms with Crippen molar-refractivity contribution in [3.05, 3.63) is 45.5 Å². The average molecular weight is 344 g/mol. The number of carbonyl (C=O) groups is 2. The monoisotopic (exact) mass is 344 g/mol. The summed E-state index contributed by atoms with van der Waals surface area (Å²) in [6, 6.07) is 2.86. The molecule has 25 heavy (non-hydrogen) atoms. The van der Waals surface area contributed by atoms with Gasteiger partial charge in [0.25, 0.3) is 5.69 Å². The first-order chi connectivity index (χ1) is 11.8. The van der Waals surface area contributed by atoms with Crippen molar-refractivity contribution in [2.45, 2.75) is 25.6 Å². The summed E-state index contributed by atoms with van der Waals surface area (Å²) in [5.74, 6) is -2.71. The number of benzene rings is 1. The van der Waals surface area contributed by atoms with E-state index in [1.807, 2.05) is 0 Å². The molecule has 0 spiro atoms. The number of hydrogen-bond donors (Lipinski definition) is 1. The zero-order valence-corrected chi connectivity index (χ0v) is 13.6. The van der Waals surface area contributed by atoms with Crippen LogP contribution in [0.1, 0.15) is 11.1 Å². The molecule has 2 fully saturated rings. The van der Waals surface area contributed by atoms with Crippen molar-refractivity contribution in [3.8, 4) is 0 Å². The Morgan fingerprint density at radius 3 is 2.60 bits per heavy atom. The van der Waals surface area contributed by atoms with Crippen LogP contribution in [0.3, 0.4) is 0 Å². The van der Waals surface area contributed by atoms with Crippen molar-refractivity contribution < 1.29 is 24.4 Å². The Bertz CT molecular complexity index is 863. The summed E-state index contributed by atoms with van der Waals surface area (Å²) in [5, 5.41) is 21.1. The molecule has 4 rings (SSSR count). The summed E-state index contributed by atoms with van der Waals surface area (Å²) in [6.45, 7) is 3.06. The molecule has 8 nitrogen and oxygen atoms in total. The van der Waals surface area contributed by atoms with Crippen molar-refractivity contribution >= 4 is 23.2 Å². The third kappa shape index (κ3) is 1.89. The van der Waals surface area contributed by atoms with Crippen LogP contribution >= 0.6 is 0 Å². The highest BCUT2D eigenvalue weighted by Crippen LogP contribution is 2.53. The highest BCUT2D eigenvalue weighted by atomic mass is 16.6. The molecule has 4 atom stereocenters. The second kappa shape index (κ2) is 4.96. The predicted molar refractivity (Wildman–Crippen MR) is 85.9 cm³/mol. The summed E-state index contributed by atoms with van der Waals surface area (Å²) in [6.07, 6.45) is 2.69. The average Bonchev–Trinajstić information content (AvgIpc) is 3.21. The van der Waals surface area contributed by atoms with E-state index < -0.39 is 46.9 Å². The molecule has 1 aromatic carbocycles. The van der Waals surface area contributed by atoms with Crippen LogP contribution in [0.15, 0.2) is 24.3 Å². The van der Waals surface area contributed by atoms with E-state index in [-0.39, 0.29) is 11.4 Å². The van der Waals surface area contributed by atoms with Crippen LogP contribution < -0.4 is 4.90 Å². The molecule has 0 radical (unpaired) electrons. The molecule has 1 N–H and O–H groups in total. The highest BCUT2D eigenvalue weighted by molar-refractivity contribution is 6.24. The third-order valence-corrected chi connectivity index (χ3v) is 5.43. The zero-order chi connectivity index (χ0) is 18.1. The third-order valence-electron chi connectivity index (χ3n) is 5.43. The molecule has 0 unspecified atom stereocenters. The minimum Gasteiger partial charge on any atom is -0.393 e. The van der Waals surface area contributed by atoms with Crippen molar-refractivity contribution in [3.63, 3.8) is 0 Å². The number of imide groups is 1. The van der Waals surface area contributed by atoms with E-state index in [1.165, 1.54) is 12.1 Å². The molecule has 3 heterocycles. The normalized spacial score (nSPS) is 32.6. The van der Waals surface area contributed by atoms with Crippen molar-refractivity contribution in [1.29, 1.82) is 0 Å². The molecule has 8 heteroatoms. The van der Waals surface area contributed by atoms with E-state index >= 15 is 0 Å². The van der Waals surface area contributed by atoms with E-state index in [0.29, 0.717) is 5.56 Å². The fraction of sp³-hybridized carbons (Fsp3) is 0.412. The second-order valence-electron chi connectivity index (χ2n) is 6.75. The summed E-state index contributed by atoms with van der Waals surface area (Å²) >= 11 is 0. The van der Waals surface area contributed by atoms with Gasteiger partial charge in [-0.1, -0.05) is 12.2 Å². The standard InChI is InChI=1S/C17H16N2O6/c1-8-5-10(11(19(23)24)6-9(8)2)18-15(21)13-12-3-4-17(7-20,25-12)14(13)16(18)22/h3-6,12-14,20H,7H2,1-2H3/t12-,13-,14+,17+/m1/s1. The molecule has 0 aliphatic carbocycles. The first-order valence-electron chi connectivity index (χ1n) is 7.92. The van der Waals surface area contributed by atoms with E-state index in [1.54, 1.807) is 26.0 Å². The number of aliphatic hydroxyl groups is 1. The topological polar surface area (TPSA) is 110 Å². The minimum absolute atomic E-state index is 0.0232. The molecule has 0 aromatic heterocycles. The summed E-state index contributed by atoms with van der Waals surface area (Å²) < 4.78 is 5.66. The zero-order valence-electron chi connectivity index (χ0n) is 13.6. The minimum atomic E-state index is -1.22. The van der Waals surface area contributed by atoms with Crippen molar-refractivity contribution in [1.82, 2.24) is 0 Å². The SMILES string of the molecule is Cc1cc(N2C(=O)[C@H]3[C@@H](C2=O)[C@@]2(CO)C=C[C@H]3O2)c([N+](=O)[O-])cc1C. The van der Waals surface area contributed by atoms with Crippen LogP contribution in [0, 0.1) is 35.8 Å². The van der Waals surface area contributed by atoms with E-state index in [2.05, 4.69) is 0 Å². The Hall–Kier alpha value is -2.58. The van der Waals surface area contributed by atoms with Gasteiger partial charge in [-0.2, -0.15) is 0 Å². The molecule has 2 saturated heterocycles. The lowest BCUT2D eigenvalue weighted by Gasteiger charge is -2.26. The van der Waals surface area contributed by atoms with Gasteiger partial charge in [0, 0.05) is 6.07 Å². The van der Waals surface area contributed by atoms with Crippen LogP contribution in [0.5, 0.6) is 0 Å². The molecule has 2 amide bonds. The molecule has 130 valence electrons. The predicted octanol–water partition coefficient (Wildman–Crippen LogP) is 1.02. The molecule has 3 aliphatic rings. The summed E-state index contributed by atoms with van der Waals surface area (Å²) in [7, 11) is 0. The van der Waals surface area contributed by atoms with Gasteiger partial charge in [0.15, 0.2) is 0 Å². The number of fused-ring (bicyclic) bond motifs is 5. The Morgan fingerprint density at radius 2 is 1.96 bits per heavy atom. The fourth-order valence-electron chi connectivity index (χ4n) is 4.03. The number of nitro groups is 1. The lowest BCUT2D eigenvalue weighted by molar-refractivity contribution is -0.384. The van der Waals surface area contributed by atoms with Gasteiger partial charge >= 0.3 is 0 Å². The molecule has 0 saturated carbocycles. The number of ether oxygens (including phenoxy) is 1. The Balaban J connectivity index is 1.85. The van der Waals surface area contributed by atoms with Crippen LogP contribution in [-0.2, 0) is 14.3 Å². The summed E-state index contributed by atoms with van der Waals surface area (Å²) in [5.41, 5.74) is -0.0844. The Labute approximate surface area is 142 Å². The van der Waals surface area contributed by atoms with Crippen LogP contribution in [0.4, 0.5) is 11.4 Å². The fourth-order valence-corrected chi connectivity index (χ4v) is 4.03. The number of amides is 2. The number of anilines is 1. The van der Waals surface area contributed by atoms with Crippen molar-refractivity contribution in [2.75, 3.05) is 11.5 Å². The Morgan fingerprint density at radius 1 is 1.28 bits per heavy atom. The van der Waals surface area contributed by atoms with Gasteiger partial charge in [0.2, 0.25) is 11.8 Å². The number of nitro benzene ring substituents is 1. The first kappa shape index (κ1) is 15.9. The smallest absolute Gasteiger partial charge is 0.293 e. The lowest BCUT2D eigenvalue weighted by atomic mass is 9.77. The number of rotatable bonds is 3. The van der Waals surface area contributed by atoms with Gasteiger partial charge in [0.05, 0.1) is 29.5 Å². The first-order valence-corrected chi connectivity index (χ1v) is 7.92. The number of aryl methyl sites for hydroxylation is 2. The summed E-state index contributed by atoms with van der Waals surface area (Å²) in [4.78, 5) is 37.6. The van der Waals surface area contributed by atoms with E-state index in [4.69, 9.17) is 4.74 Å². The van der Waals surface area contributed by atoms with E-state index in [9.17, 15) is 24.8 Å². The number of hydrogen-bond acceptors (Lipinski definition) is 6. The maximum absolute atomic E-state index is 13.0. The van der Waals surface area contributed by atoms with Gasteiger partial charge < -0.3 is 9.84 Å². The molecule has 2 bridgehead atoms. The molecular formula is C17H16N2O6. The van der Waals surface area contributed by atoms with Crippen molar-refractivity contribution in [2.24, 2.45) is 11.8 Å². The van der Waals surface area contributed by atoms with Gasteiger partial charge in [-0.25, -0.2) is 4.90 Å². The number of nitrogens with zero attached hydrogens (tertiary/aromatic N) is 2. The second-order valence-corrected chi connectivity index (χ2v) is 6.75. The highest BCUT2D eigenvalue weighted by Gasteiger charge is 2.68. The van der Waals surface area contributed by atoms with Crippen LogP contribution in [0.2, 0.25) is 0 Å². The van der Waals surface area contributed by atoms with Gasteiger partial charge in [-0.15, -0.1) is 0 Å². The van der Waals surface area contributed by atoms with Gasteiger partial charge in [0.1, 0.15) is 11.3 Å². The molecular weight excluding hydrogens is 328 g/mol.